The van der Waals surface area contributed by atoms with Crippen molar-refractivity contribution in [3.05, 3.63) is 71.3 Å². The number of hydrogen-bond acceptors (Lipinski definition) is 3. The molecule has 1 heterocycles. The number of nitrogens with zero attached hydrogens (tertiary/aromatic N) is 2. The average molecular weight is 450 g/mol. The van der Waals surface area contributed by atoms with Crippen molar-refractivity contribution in [3.8, 4) is 0 Å². The normalized spacial score (nSPS) is 16.1. The second-order valence-electron chi connectivity index (χ2n) is 8.42. The number of hydrogen-bond donors (Lipinski definition) is 3. The van der Waals surface area contributed by atoms with Crippen LogP contribution in [0.1, 0.15) is 34.8 Å². The fourth-order valence-corrected chi connectivity index (χ4v) is 3.91. The molecule has 1 aliphatic rings. The van der Waals surface area contributed by atoms with E-state index in [0.29, 0.717) is 37.6 Å². The monoisotopic (exact) mass is 449 g/mol. The molecule has 0 aliphatic carbocycles. The fourth-order valence-electron chi connectivity index (χ4n) is 3.91. The van der Waals surface area contributed by atoms with Crippen LogP contribution >= 0.6 is 0 Å². The summed E-state index contributed by atoms with van der Waals surface area (Å²) in [4.78, 5) is 31.3. The number of carbonyl (C=O) groups excluding carboxylic acids is 2. The topological polar surface area (TPSA) is 85.8 Å². The summed E-state index contributed by atoms with van der Waals surface area (Å²) in [5.41, 5.74) is 2.98. The summed E-state index contributed by atoms with van der Waals surface area (Å²) in [7, 11) is 0. The average Bonchev–Trinajstić information content (AvgIpc) is 3.18. The van der Waals surface area contributed by atoms with E-state index < -0.39 is 0 Å². The molecule has 2 amide bonds. The minimum Gasteiger partial charge on any atom is -0.357 e. The van der Waals surface area contributed by atoms with E-state index in [2.05, 4.69) is 33.1 Å². The number of benzene rings is 2. The van der Waals surface area contributed by atoms with Crippen molar-refractivity contribution < 1.29 is 9.59 Å². The van der Waals surface area contributed by atoms with Crippen LogP contribution in [0.25, 0.3) is 0 Å². The maximum absolute atomic E-state index is 12.4. The molecule has 0 radical (unpaired) electrons. The highest BCUT2D eigenvalue weighted by Gasteiger charge is 2.29. The van der Waals surface area contributed by atoms with Crippen molar-refractivity contribution in [2.45, 2.75) is 26.7 Å². The smallest absolute Gasteiger partial charge is 0.251 e. The maximum Gasteiger partial charge on any atom is 0.251 e. The Morgan fingerprint density at radius 3 is 2.61 bits per heavy atom. The Morgan fingerprint density at radius 1 is 1.06 bits per heavy atom. The molecule has 2 aromatic carbocycles. The molecular weight excluding hydrogens is 414 g/mol. The van der Waals surface area contributed by atoms with Crippen molar-refractivity contribution in [3.63, 3.8) is 0 Å². The first-order valence-electron chi connectivity index (χ1n) is 11.7. The quantitative estimate of drug-likeness (QED) is 0.295. The molecule has 0 aromatic heterocycles. The first-order valence-corrected chi connectivity index (χ1v) is 11.7. The lowest BCUT2D eigenvalue weighted by Gasteiger charge is -2.16. The van der Waals surface area contributed by atoms with Crippen molar-refractivity contribution in [2.24, 2.45) is 10.9 Å². The molecule has 1 aliphatic heterocycles. The predicted octanol–water partition coefficient (Wildman–Crippen LogP) is 2.37. The molecule has 1 fully saturated rings. The number of guanidine groups is 1. The molecule has 0 spiro atoms. The van der Waals surface area contributed by atoms with Crippen LogP contribution in [0.4, 0.5) is 0 Å². The van der Waals surface area contributed by atoms with E-state index in [1.54, 1.807) is 0 Å². The van der Waals surface area contributed by atoms with Crippen LogP contribution in [0.5, 0.6) is 0 Å². The SMILES string of the molecule is CCNC(=NCC1CC(=O)N(CCc2ccccc2)C1)NCCNC(=O)c1cccc(C)c1. The number of aliphatic imine (C=N–C) groups is 1. The Bertz CT molecular complexity index is 945. The third-order valence-corrected chi connectivity index (χ3v) is 5.64. The zero-order valence-corrected chi connectivity index (χ0v) is 19.6. The first kappa shape index (κ1) is 24.3. The minimum absolute atomic E-state index is 0.0810. The molecule has 33 heavy (non-hydrogen) atoms. The van der Waals surface area contributed by atoms with Gasteiger partial charge in [0, 0.05) is 57.2 Å². The van der Waals surface area contributed by atoms with Gasteiger partial charge in [-0.05, 0) is 38.0 Å². The second kappa shape index (κ2) is 12.6. The van der Waals surface area contributed by atoms with Crippen LogP contribution in [0.15, 0.2) is 59.6 Å². The van der Waals surface area contributed by atoms with Gasteiger partial charge < -0.3 is 20.9 Å². The molecule has 1 atom stereocenters. The van der Waals surface area contributed by atoms with Gasteiger partial charge in [0.05, 0.1) is 0 Å². The maximum atomic E-state index is 12.4. The third-order valence-electron chi connectivity index (χ3n) is 5.64. The third kappa shape index (κ3) is 7.93. The van der Waals surface area contributed by atoms with Gasteiger partial charge in [0.2, 0.25) is 5.91 Å². The molecule has 3 rings (SSSR count). The van der Waals surface area contributed by atoms with Gasteiger partial charge in [-0.15, -0.1) is 0 Å². The molecule has 0 bridgehead atoms. The van der Waals surface area contributed by atoms with Gasteiger partial charge in [-0.2, -0.15) is 0 Å². The molecular formula is C26H35N5O2. The van der Waals surface area contributed by atoms with Gasteiger partial charge in [-0.25, -0.2) is 0 Å². The van der Waals surface area contributed by atoms with Crippen molar-refractivity contribution in [2.75, 3.05) is 39.3 Å². The zero-order valence-electron chi connectivity index (χ0n) is 19.6. The van der Waals surface area contributed by atoms with Crippen molar-refractivity contribution >= 4 is 17.8 Å². The highest BCUT2D eigenvalue weighted by Crippen LogP contribution is 2.18. The minimum atomic E-state index is -0.0810. The molecule has 7 heteroatoms. The van der Waals surface area contributed by atoms with E-state index >= 15 is 0 Å². The standard InChI is InChI=1S/C26H35N5O2/c1-3-27-26(29-14-13-28-25(33)23-11-7-8-20(2)16-23)30-18-22-17-24(32)31(19-22)15-12-21-9-5-4-6-10-21/h4-11,16,22H,3,12-15,17-19H2,1-2H3,(H,28,33)(H2,27,29,30). The Morgan fingerprint density at radius 2 is 1.85 bits per heavy atom. The van der Waals surface area contributed by atoms with E-state index in [1.165, 1.54) is 5.56 Å². The summed E-state index contributed by atoms with van der Waals surface area (Å²) in [5, 5.41) is 9.41. The van der Waals surface area contributed by atoms with Crippen LogP contribution in [0, 0.1) is 12.8 Å². The van der Waals surface area contributed by atoms with Crippen molar-refractivity contribution in [1.82, 2.24) is 20.9 Å². The first-order chi connectivity index (χ1) is 16.0. The highest BCUT2D eigenvalue weighted by molar-refractivity contribution is 5.94. The Hall–Kier alpha value is -3.35. The van der Waals surface area contributed by atoms with Crippen LogP contribution in [0.3, 0.4) is 0 Å². The summed E-state index contributed by atoms with van der Waals surface area (Å²) >= 11 is 0. The van der Waals surface area contributed by atoms with E-state index in [9.17, 15) is 9.59 Å². The lowest BCUT2D eigenvalue weighted by atomic mass is 10.1. The number of likely N-dealkylation sites (tertiary alicyclic amines) is 1. The van der Waals surface area contributed by atoms with Gasteiger partial charge in [0.1, 0.15) is 0 Å². The Balaban J connectivity index is 1.40. The number of amides is 2. The summed E-state index contributed by atoms with van der Waals surface area (Å²) < 4.78 is 0. The van der Waals surface area contributed by atoms with Gasteiger partial charge >= 0.3 is 0 Å². The van der Waals surface area contributed by atoms with Crippen LogP contribution in [-0.4, -0.2) is 61.9 Å². The largest absolute Gasteiger partial charge is 0.357 e. The predicted molar refractivity (Wildman–Crippen MR) is 132 cm³/mol. The molecule has 0 saturated carbocycles. The summed E-state index contributed by atoms with van der Waals surface area (Å²) in [6.07, 6.45) is 1.42. The lowest BCUT2D eigenvalue weighted by Crippen LogP contribution is -2.41. The summed E-state index contributed by atoms with van der Waals surface area (Å²) in [6, 6.07) is 17.8. The Kier molecular flexibility index (Phi) is 9.30. The summed E-state index contributed by atoms with van der Waals surface area (Å²) in [6.45, 7) is 7.89. The van der Waals surface area contributed by atoms with Gasteiger partial charge in [0.15, 0.2) is 5.96 Å². The summed E-state index contributed by atoms with van der Waals surface area (Å²) in [5.74, 6) is 1.06. The molecule has 7 nitrogen and oxygen atoms in total. The number of rotatable bonds is 10. The molecule has 1 saturated heterocycles. The molecule has 176 valence electrons. The van der Waals surface area contributed by atoms with E-state index in [1.807, 2.05) is 61.2 Å². The number of aryl methyl sites for hydroxylation is 1. The van der Waals surface area contributed by atoms with E-state index in [0.717, 1.165) is 31.6 Å². The number of carbonyl (C=O) groups is 2. The van der Waals surface area contributed by atoms with Gasteiger partial charge in [-0.3, -0.25) is 14.6 Å². The fraction of sp³-hybridized carbons (Fsp3) is 0.423. The van der Waals surface area contributed by atoms with Gasteiger partial charge in [0.25, 0.3) is 5.91 Å². The van der Waals surface area contributed by atoms with Gasteiger partial charge in [-0.1, -0.05) is 48.0 Å². The Labute approximate surface area is 196 Å². The molecule has 1 unspecified atom stereocenters. The van der Waals surface area contributed by atoms with Crippen molar-refractivity contribution in [1.29, 1.82) is 0 Å². The van der Waals surface area contributed by atoms with Crippen LogP contribution < -0.4 is 16.0 Å². The van der Waals surface area contributed by atoms with Crippen LogP contribution in [-0.2, 0) is 11.2 Å². The highest BCUT2D eigenvalue weighted by atomic mass is 16.2. The second-order valence-corrected chi connectivity index (χ2v) is 8.42. The number of nitrogens with one attached hydrogen (secondary N) is 3. The molecule has 3 N–H and O–H groups in total. The van der Waals surface area contributed by atoms with E-state index in [4.69, 9.17) is 0 Å². The zero-order chi connectivity index (χ0) is 23.5. The van der Waals surface area contributed by atoms with E-state index in [-0.39, 0.29) is 17.7 Å². The molecule has 2 aromatic rings. The van der Waals surface area contributed by atoms with Crippen LogP contribution in [0.2, 0.25) is 0 Å². The lowest BCUT2D eigenvalue weighted by molar-refractivity contribution is -0.127.